The highest BCUT2D eigenvalue weighted by molar-refractivity contribution is 5.28. The number of rotatable bonds is 4. The standard InChI is InChI=1S/C14H16N2O/c1-11-5-13(9-16-8-11)10-17-14-4-2-3-12(6-14)7-15/h2-6,8-9H,7,10,15H2,1H3. The molecule has 0 radical (unpaired) electrons. The molecule has 0 saturated heterocycles. The van der Waals surface area contributed by atoms with Gasteiger partial charge < -0.3 is 10.5 Å². The lowest BCUT2D eigenvalue weighted by molar-refractivity contribution is 0.305. The van der Waals surface area contributed by atoms with Crippen LogP contribution in [0.5, 0.6) is 5.75 Å². The average molecular weight is 228 g/mol. The summed E-state index contributed by atoms with van der Waals surface area (Å²) in [6.07, 6.45) is 3.65. The number of benzene rings is 1. The van der Waals surface area contributed by atoms with Gasteiger partial charge in [-0.25, -0.2) is 0 Å². The number of nitrogens with two attached hydrogens (primary N) is 1. The van der Waals surface area contributed by atoms with Crippen molar-refractivity contribution in [3.63, 3.8) is 0 Å². The molecule has 0 unspecified atom stereocenters. The van der Waals surface area contributed by atoms with E-state index in [-0.39, 0.29) is 0 Å². The van der Waals surface area contributed by atoms with Crippen LogP contribution in [0.3, 0.4) is 0 Å². The number of pyridine rings is 1. The minimum Gasteiger partial charge on any atom is -0.489 e. The zero-order chi connectivity index (χ0) is 12.1. The van der Waals surface area contributed by atoms with Gasteiger partial charge in [-0.1, -0.05) is 12.1 Å². The molecule has 0 spiro atoms. The van der Waals surface area contributed by atoms with Crippen molar-refractivity contribution in [3.8, 4) is 5.75 Å². The highest BCUT2D eigenvalue weighted by atomic mass is 16.5. The van der Waals surface area contributed by atoms with Crippen molar-refractivity contribution in [3.05, 3.63) is 59.4 Å². The van der Waals surface area contributed by atoms with Crippen LogP contribution >= 0.6 is 0 Å². The van der Waals surface area contributed by atoms with Crippen LogP contribution in [0.15, 0.2) is 42.7 Å². The fourth-order valence-corrected chi connectivity index (χ4v) is 1.63. The second kappa shape index (κ2) is 5.46. The molecular formula is C14H16N2O. The van der Waals surface area contributed by atoms with Gasteiger partial charge in [0.1, 0.15) is 12.4 Å². The van der Waals surface area contributed by atoms with Crippen molar-refractivity contribution in [2.45, 2.75) is 20.1 Å². The molecule has 3 heteroatoms. The number of aryl methyl sites for hydroxylation is 1. The van der Waals surface area contributed by atoms with Gasteiger partial charge in [-0.2, -0.15) is 0 Å². The van der Waals surface area contributed by atoms with Gasteiger partial charge in [-0.05, 0) is 36.2 Å². The smallest absolute Gasteiger partial charge is 0.120 e. The van der Waals surface area contributed by atoms with Gasteiger partial charge in [-0.3, -0.25) is 4.98 Å². The van der Waals surface area contributed by atoms with Crippen molar-refractivity contribution >= 4 is 0 Å². The molecular weight excluding hydrogens is 212 g/mol. The Morgan fingerprint density at radius 2 is 2.06 bits per heavy atom. The summed E-state index contributed by atoms with van der Waals surface area (Å²) in [7, 11) is 0. The highest BCUT2D eigenvalue weighted by Crippen LogP contribution is 2.14. The van der Waals surface area contributed by atoms with Gasteiger partial charge in [0.05, 0.1) is 0 Å². The van der Waals surface area contributed by atoms with E-state index in [0.717, 1.165) is 22.4 Å². The molecule has 0 aliphatic rings. The third-order valence-corrected chi connectivity index (χ3v) is 2.47. The Balaban J connectivity index is 2.02. The first kappa shape index (κ1) is 11.6. The van der Waals surface area contributed by atoms with Crippen LogP contribution in [0.2, 0.25) is 0 Å². The summed E-state index contributed by atoms with van der Waals surface area (Å²) in [4.78, 5) is 4.13. The number of hydrogen-bond donors (Lipinski definition) is 1. The molecule has 1 aromatic carbocycles. The maximum absolute atomic E-state index is 5.69. The van der Waals surface area contributed by atoms with E-state index in [1.807, 2.05) is 43.6 Å². The number of ether oxygens (including phenoxy) is 1. The Hall–Kier alpha value is -1.87. The Bertz CT molecular complexity index is 497. The molecule has 88 valence electrons. The minimum atomic E-state index is 0.530. The van der Waals surface area contributed by atoms with Crippen molar-refractivity contribution in [1.29, 1.82) is 0 Å². The molecule has 0 saturated carbocycles. The lowest BCUT2D eigenvalue weighted by Crippen LogP contribution is -1.99. The first-order chi connectivity index (χ1) is 8.28. The summed E-state index contributed by atoms with van der Waals surface area (Å²) in [6, 6.07) is 9.90. The predicted octanol–water partition coefficient (Wildman–Crippen LogP) is 2.43. The fraction of sp³-hybridized carbons (Fsp3) is 0.214. The lowest BCUT2D eigenvalue weighted by Gasteiger charge is -2.07. The van der Waals surface area contributed by atoms with Gasteiger partial charge in [0.15, 0.2) is 0 Å². The Labute approximate surface area is 101 Å². The first-order valence-electron chi connectivity index (χ1n) is 5.60. The third kappa shape index (κ3) is 3.29. The molecule has 0 aliphatic carbocycles. The zero-order valence-electron chi connectivity index (χ0n) is 9.89. The molecule has 2 N–H and O–H groups in total. The van der Waals surface area contributed by atoms with E-state index >= 15 is 0 Å². The van der Waals surface area contributed by atoms with E-state index in [1.165, 1.54) is 0 Å². The molecule has 1 aromatic heterocycles. The van der Waals surface area contributed by atoms with E-state index in [2.05, 4.69) is 11.1 Å². The second-order valence-electron chi connectivity index (χ2n) is 4.01. The van der Waals surface area contributed by atoms with Crippen LogP contribution in [0, 0.1) is 6.92 Å². The maximum Gasteiger partial charge on any atom is 0.120 e. The quantitative estimate of drug-likeness (QED) is 0.874. The van der Waals surface area contributed by atoms with Crippen LogP contribution in [-0.4, -0.2) is 4.98 Å². The first-order valence-corrected chi connectivity index (χ1v) is 5.60. The predicted molar refractivity (Wildman–Crippen MR) is 67.6 cm³/mol. The number of aromatic nitrogens is 1. The summed E-state index contributed by atoms with van der Waals surface area (Å²) >= 11 is 0. The Kier molecular flexibility index (Phi) is 3.73. The SMILES string of the molecule is Cc1cncc(COc2cccc(CN)c2)c1. The average Bonchev–Trinajstić information content (AvgIpc) is 2.37. The van der Waals surface area contributed by atoms with Crippen LogP contribution in [0.25, 0.3) is 0 Å². The highest BCUT2D eigenvalue weighted by Gasteiger charge is 1.98. The van der Waals surface area contributed by atoms with Crippen molar-refractivity contribution < 1.29 is 4.74 Å². The number of nitrogens with zero attached hydrogens (tertiary/aromatic N) is 1. The largest absolute Gasteiger partial charge is 0.489 e. The second-order valence-corrected chi connectivity index (χ2v) is 4.01. The molecule has 0 aliphatic heterocycles. The lowest BCUT2D eigenvalue weighted by atomic mass is 10.2. The van der Waals surface area contributed by atoms with E-state index in [4.69, 9.17) is 10.5 Å². The Morgan fingerprint density at radius 3 is 2.82 bits per heavy atom. The summed E-state index contributed by atoms with van der Waals surface area (Å²) in [5.41, 5.74) is 8.87. The van der Waals surface area contributed by atoms with Crippen molar-refractivity contribution in [2.75, 3.05) is 0 Å². The molecule has 0 fully saturated rings. The maximum atomic E-state index is 5.69. The topological polar surface area (TPSA) is 48.1 Å². The zero-order valence-corrected chi connectivity index (χ0v) is 9.89. The minimum absolute atomic E-state index is 0.530. The van der Waals surface area contributed by atoms with Crippen LogP contribution in [-0.2, 0) is 13.2 Å². The third-order valence-electron chi connectivity index (χ3n) is 2.47. The molecule has 0 bridgehead atoms. The molecule has 0 amide bonds. The molecule has 0 atom stereocenters. The van der Waals surface area contributed by atoms with Gasteiger partial charge in [0.25, 0.3) is 0 Å². The van der Waals surface area contributed by atoms with Gasteiger partial charge in [0, 0.05) is 24.5 Å². The summed E-state index contributed by atoms with van der Waals surface area (Å²) in [5.74, 6) is 0.842. The van der Waals surface area contributed by atoms with E-state index in [9.17, 15) is 0 Å². The summed E-state index contributed by atoms with van der Waals surface area (Å²) < 4.78 is 5.69. The monoisotopic (exact) mass is 228 g/mol. The van der Waals surface area contributed by atoms with Gasteiger partial charge >= 0.3 is 0 Å². The van der Waals surface area contributed by atoms with Crippen LogP contribution in [0.1, 0.15) is 16.7 Å². The number of hydrogen-bond acceptors (Lipinski definition) is 3. The van der Waals surface area contributed by atoms with E-state index < -0.39 is 0 Å². The van der Waals surface area contributed by atoms with E-state index in [1.54, 1.807) is 0 Å². The van der Waals surface area contributed by atoms with Crippen molar-refractivity contribution in [1.82, 2.24) is 4.98 Å². The van der Waals surface area contributed by atoms with Crippen LogP contribution in [0.4, 0.5) is 0 Å². The van der Waals surface area contributed by atoms with Crippen molar-refractivity contribution in [2.24, 2.45) is 5.73 Å². The Morgan fingerprint density at radius 1 is 1.18 bits per heavy atom. The summed E-state index contributed by atoms with van der Waals surface area (Å²) in [5, 5.41) is 0. The fourth-order valence-electron chi connectivity index (χ4n) is 1.63. The molecule has 17 heavy (non-hydrogen) atoms. The summed E-state index contributed by atoms with van der Waals surface area (Å²) in [6.45, 7) is 3.08. The molecule has 2 rings (SSSR count). The molecule has 1 heterocycles. The van der Waals surface area contributed by atoms with E-state index in [0.29, 0.717) is 13.2 Å². The van der Waals surface area contributed by atoms with Crippen LogP contribution < -0.4 is 10.5 Å². The van der Waals surface area contributed by atoms with Gasteiger partial charge in [-0.15, -0.1) is 0 Å². The molecule has 3 nitrogen and oxygen atoms in total. The van der Waals surface area contributed by atoms with Gasteiger partial charge in [0.2, 0.25) is 0 Å². The normalized spacial score (nSPS) is 10.2. The molecule has 2 aromatic rings.